The molecule has 0 aromatic carbocycles. The summed E-state index contributed by atoms with van der Waals surface area (Å²) < 4.78 is 20.2. The summed E-state index contributed by atoms with van der Waals surface area (Å²) in [6.45, 7) is 20.1. The summed E-state index contributed by atoms with van der Waals surface area (Å²) in [4.78, 5) is 73.9. The van der Waals surface area contributed by atoms with Gasteiger partial charge in [0.15, 0.2) is 23.8 Å². The van der Waals surface area contributed by atoms with Gasteiger partial charge in [-0.3, -0.25) is 28.8 Å². The summed E-state index contributed by atoms with van der Waals surface area (Å²) >= 11 is 0. The second kappa shape index (κ2) is 36.5. The van der Waals surface area contributed by atoms with Crippen LogP contribution in [0.2, 0.25) is 0 Å². The van der Waals surface area contributed by atoms with Gasteiger partial charge >= 0.3 is 23.9 Å². The molecular formula is C62H90O20. The van der Waals surface area contributed by atoms with Crippen LogP contribution in [0.5, 0.6) is 0 Å². The quantitative estimate of drug-likeness (QED) is 0.0279. The van der Waals surface area contributed by atoms with Crippen molar-refractivity contribution in [3.63, 3.8) is 0 Å². The van der Waals surface area contributed by atoms with E-state index in [-0.39, 0.29) is 42.7 Å². The Labute approximate surface area is 482 Å². The lowest BCUT2D eigenvalue weighted by atomic mass is 9.71. The van der Waals surface area contributed by atoms with Gasteiger partial charge in [-0.05, 0) is 82.9 Å². The molecule has 10 atom stereocenters. The Morgan fingerprint density at radius 1 is 0.500 bits per heavy atom. The molecule has 0 aliphatic heterocycles. The van der Waals surface area contributed by atoms with E-state index in [4.69, 9.17) is 29.2 Å². The fourth-order valence-corrected chi connectivity index (χ4v) is 8.22. The summed E-state index contributed by atoms with van der Waals surface area (Å²) in [5, 5.41) is 94.3. The maximum Gasteiger partial charge on any atom is 0.307 e. The lowest BCUT2D eigenvalue weighted by Crippen LogP contribution is -2.47. The average molecular weight is 1160 g/mol. The smallest absolute Gasteiger partial charge is 0.307 e. The molecule has 0 spiro atoms. The summed E-state index contributed by atoms with van der Waals surface area (Å²) in [5.41, 5.74) is 6.44. The molecular weight excluding hydrogens is 1060 g/mol. The molecule has 0 radical (unpaired) electrons. The Hall–Kier alpha value is -6.04. The Kier molecular flexibility index (Phi) is 32.9. The summed E-state index contributed by atoms with van der Waals surface area (Å²) in [6.07, 6.45) is 11.0. The highest BCUT2D eigenvalue weighted by Gasteiger charge is 2.41. The zero-order valence-electron chi connectivity index (χ0n) is 49.5. The summed E-state index contributed by atoms with van der Waals surface area (Å²) in [6, 6.07) is 0. The van der Waals surface area contributed by atoms with Gasteiger partial charge in [-0.2, -0.15) is 0 Å². The summed E-state index contributed by atoms with van der Waals surface area (Å²) in [7, 11) is 0. The molecule has 0 heterocycles. The molecule has 20 heteroatoms. The Morgan fingerprint density at radius 2 is 0.841 bits per heavy atom. The van der Waals surface area contributed by atoms with Crippen molar-refractivity contribution in [1.82, 2.24) is 0 Å². The van der Waals surface area contributed by atoms with Crippen LogP contribution in [0.4, 0.5) is 0 Å². The van der Waals surface area contributed by atoms with Gasteiger partial charge < -0.3 is 70.0 Å². The van der Waals surface area contributed by atoms with E-state index in [1.54, 1.807) is 13.8 Å². The first kappa shape index (κ1) is 74.0. The van der Waals surface area contributed by atoms with Crippen molar-refractivity contribution in [1.29, 1.82) is 0 Å². The topological polar surface area (TPSA) is 342 Å². The van der Waals surface area contributed by atoms with Gasteiger partial charge in [0.25, 0.3) is 0 Å². The van der Waals surface area contributed by atoms with Crippen LogP contribution in [0.25, 0.3) is 0 Å². The normalized spacial score (nSPS) is 21.3. The second-order valence-corrected chi connectivity index (χ2v) is 21.7. The van der Waals surface area contributed by atoms with Crippen molar-refractivity contribution in [2.24, 2.45) is 10.8 Å². The van der Waals surface area contributed by atoms with Gasteiger partial charge in [0.2, 0.25) is 0 Å². The number of ether oxygens (including phenoxy) is 4. The highest BCUT2D eigenvalue weighted by atomic mass is 16.6. The van der Waals surface area contributed by atoms with Gasteiger partial charge in [0.05, 0.1) is 38.9 Å². The van der Waals surface area contributed by atoms with E-state index in [2.05, 4.69) is 32.1 Å². The molecule has 2 rings (SSSR count). The van der Waals surface area contributed by atoms with Crippen LogP contribution in [-0.4, -0.2) is 174 Å². The van der Waals surface area contributed by atoms with E-state index >= 15 is 0 Å². The van der Waals surface area contributed by atoms with E-state index in [1.807, 2.05) is 122 Å². The fraction of sp³-hybridized carbons (Fsp3) is 0.548. The number of aliphatic hydroxyl groups excluding tert-OH is 10. The number of Topliss-reactive ketones (excluding diaryl/α,β-unsaturated/α-hetero) is 2. The molecule has 2 aliphatic rings. The molecule has 10 N–H and O–H groups in total. The van der Waals surface area contributed by atoms with Crippen molar-refractivity contribution >= 4 is 35.4 Å². The summed E-state index contributed by atoms with van der Waals surface area (Å²) in [5.74, 6) is -3.83. The third kappa shape index (κ3) is 26.0. The molecule has 458 valence electrons. The molecule has 2 aliphatic carbocycles. The van der Waals surface area contributed by atoms with Gasteiger partial charge in [0.1, 0.15) is 62.0 Å². The molecule has 0 saturated heterocycles. The number of hydrogen-bond acceptors (Lipinski definition) is 20. The van der Waals surface area contributed by atoms with Crippen LogP contribution in [0.15, 0.2) is 130 Å². The van der Waals surface area contributed by atoms with Crippen LogP contribution < -0.4 is 0 Å². The minimum Gasteiger partial charge on any atom is -0.463 e. The van der Waals surface area contributed by atoms with Gasteiger partial charge in [-0.25, -0.2) is 0 Å². The van der Waals surface area contributed by atoms with Crippen molar-refractivity contribution in [3.8, 4) is 0 Å². The van der Waals surface area contributed by atoms with E-state index < -0.39 is 123 Å². The van der Waals surface area contributed by atoms with Crippen LogP contribution in [-0.2, 0) is 47.7 Å². The van der Waals surface area contributed by atoms with Gasteiger partial charge in [-0.1, -0.05) is 141 Å². The first-order chi connectivity index (χ1) is 38.2. The lowest BCUT2D eigenvalue weighted by Gasteiger charge is -2.36. The predicted molar refractivity (Wildman–Crippen MR) is 307 cm³/mol. The SMILES string of the molecule is C/C=C/C(C)=C/C=C/C(C)=C/C=C/C=C(C)/C=C/C=C(C)/C=C/C1=C(C)C(=O)C(OC(=O)CCC(=O)OCC(O)C(O)C(O)C(O)CO)CC1(C)C.CC1=C(C)C(C)(C)CC(OC(=O)CCC(=O)OCC(O)C(O)C(O)C(O)CO)C1=O. The number of ketones is 2. The third-order valence-electron chi connectivity index (χ3n) is 13.7. The van der Waals surface area contributed by atoms with Crippen LogP contribution in [0, 0.1) is 10.8 Å². The monoisotopic (exact) mass is 1150 g/mol. The molecule has 0 amide bonds. The molecule has 0 bridgehead atoms. The maximum absolute atomic E-state index is 13.2. The first-order valence-electron chi connectivity index (χ1n) is 27.1. The maximum atomic E-state index is 13.2. The van der Waals surface area contributed by atoms with E-state index in [0.717, 1.165) is 27.9 Å². The Morgan fingerprint density at radius 3 is 1.24 bits per heavy atom. The number of rotatable bonds is 29. The Balaban J connectivity index is 0.000000947. The predicted octanol–water partition coefficient (Wildman–Crippen LogP) is 4.55. The van der Waals surface area contributed by atoms with Crippen molar-refractivity contribution in [2.45, 2.75) is 183 Å². The van der Waals surface area contributed by atoms with Crippen molar-refractivity contribution < 1.29 is 98.8 Å². The molecule has 0 aromatic rings. The van der Waals surface area contributed by atoms with Crippen LogP contribution >= 0.6 is 0 Å². The molecule has 0 fully saturated rings. The molecule has 20 nitrogen and oxygen atoms in total. The zero-order valence-corrected chi connectivity index (χ0v) is 49.5. The van der Waals surface area contributed by atoms with Crippen LogP contribution in [0.1, 0.15) is 122 Å². The lowest BCUT2D eigenvalue weighted by molar-refractivity contribution is -0.161. The number of allylic oxidation sites excluding steroid dienone is 20. The number of esters is 4. The minimum absolute atomic E-state index is 0.254. The molecule has 0 saturated carbocycles. The largest absolute Gasteiger partial charge is 0.463 e. The van der Waals surface area contributed by atoms with Gasteiger partial charge in [-0.15, -0.1) is 0 Å². The average Bonchev–Trinajstić information content (AvgIpc) is 3.43. The van der Waals surface area contributed by atoms with Gasteiger partial charge in [0, 0.05) is 12.8 Å². The number of hydrogen-bond donors (Lipinski definition) is 10. The second-order valence-electron chi connectivity index (χ2n) is 21.7. The minimum atomic E-state index is -1.88. The van der Waals surface area contributed by atoms with E-state index in [9.17, 15) is 69.6 Å². The number of carbonyl (C=O) groups is 6. The van der Waals surface area contributed by atoms with E-state index in [1.165, 1.54) is 5.57 Å². The molecule has 82 heavy (non-hydrogen) atoms. The standard InChI is InChI=1S/C42H58O10.C20H32O10/c1-9-14-28(2)17-12-18-29(3)15-10-11-16-30(4)19-13-20-31(5)21-22-33-32(6)39(48)36(25-42(33,7)8)52-38(47)24-23-37(46)51-27-35(45)41(50)40(49)34(44)26-43;1-10-11(2)20(3,4)7-14(17(10)26)30-16(25)6-5-15(24)29-9-13(23)19(28)18(27)12(22)8-21/h9-22,34-36,40-41,43-45,49-50H,23-27H2,1-8H3;12-14,18-19,21-23,27-28H,5-9H2,1-4H3/b11-10+,14-9+,18-12+,19-13+,22-21+,28-17+,29-15+,30-16+,31-20+;. The number of aliphatic hydroxyl groups is 10. The molecule has 0 aromatic heterocycles. The van der Waals surface area contributed by atoms with Crippen molar-refractivity contribution in [3.05, 3.63) is 130 Å². The van der Waals surface area contributed by atoms with E-state index in [0.29, 0.717) is 17.6 Å². The highest BCUT2D eigenvalue weighted by Crippen LogP contribution is 2.41. The van der Waals surface area contributed by atoms with Crippen LogP contribution in [0.3, 0.4) is 0 Å². The number of carbonyl (C=O) groups excluding carboxylic acids is 6. The first-order valence-corrected chi connectivity index (χ1v) is 27.1. The molecule has 10 unspecified atom stereocenters. The zero-order chi connectivity index (χ0) is 62.7. The third-order valence-corrected chi connectivity index (χ3v) is 13.7. The highest BCUT2D eigenvalue weighted by molar-refractivity contribution is 6.02. The Bertz CT molecular complexity index is 2510. The fourth-order valence-electron chi connectivity index (χ4n) is 8.22. The van der Waals surface area contributed by atoms with Crippen molar-refractivity contribution in [2.75, 3.05) is 26.4 Å².